The minimum absolute atomic E-state index is 0. The molecule has 1 heterocycles. The largest absolute Gasteiger partial charge is 0.434 e. The van der Waals surface area contributed by atoms with Crippen molar-refractivity contribution >= 4 is 29.9 Å². The van der Waals surface area contributed by atoms with Crippen LogP contribution in [0.3, 0.4) is 0 Å². The SMILES string of the molecule is CCNC(=NCc1cc(C)ccc1OC(F)F)NCCc1ccccn1.I. The third-order valence-corrected chi connectivity index (χ3v) is 3.58. The van der Waals surface area contributed by atoms with E-state index < -0.39 is 6.61 Å². The lowest BCUT2D eigenvalue weighted by Crippen LogP contribution is -2.38. The fraction of sp³-hybridized carbons (Fsp3) is 0.368. The summed E-state index contributed by atoms with van der Waals surface area (Å²) in [6.45, 7) is 2.61. The molecule has 0 saturated carbocycles. The topological polar surface area (TPSA) is 58.5 Å². The molecule has 27 heavy (non-hydrogen) atoms. The number of aryl methyl sites for hydroxylation is 1. The second-order valence-corrected chi connectivity index (χ2v) is 5.68. The third kappa shape index (κ3) is 8.51. The van der Waals surface area contributed by atoms with Crippen LogP contribution < -0.4 is 15.4 Å². The summed E-state index contributed by atoms with van der Waals surface area (Å²) < 4.78 is 29.7. The first-order valence-corrected chi connectivity index (χ1v) is 8.55. The molecule has 0 aliphatic heterocycles. The summed E-state index contributed by atoms with van der Waals surface area (Å²) in [5, 5.41) is 6.37. The summed E-state index contributed by atoms with van der Waals surface area (Å²) >= 11 is 0. The average molecular weight is 490 g/mol. The second-order valence-electron chi connectivity index (χ2n) is 5.68. The van der Waals surface area contributed by atoms with Crippen molar-refractivity contribution in [1.29, 1.82) is 0 Å². The van der Waals surface area contributed by atoms with E-state index in [0.29, 0.717) is 24.6 Å². The molecule has 148 valence electrons. The van der Waals surface area contributed by atoms with E-state index in [9.17, 15) is 8.78 Å². The van der Waals surface area contributed by atoms with Gasteiger partial charge in [0.25, 0.3) is 0 Å². The highest BCUT2D eigenvalue weighted by Gasteiger charge is 2.10. The maximum atomic E-state index is 12.6. The molecule has 0 bridgehead atoms. The van der Waals surface area contributed by atoms with Crippen LogP contribution >= 0.6 is 24.0 Å². The highest BCUT2D eigenvalue weighted by Crippen LogP contribution is 2.22. The number of nitrogens with one attached hydrogen (secondary N) is 2. The van der Waals surface area contributed by atoms with Gasteiger partial charge in [-0.2, -0.15) is 8.78 Å². The van der Waals surface area contributed by atoms with Crippen molar-refractivity contribution < 1.29 is 13.5 Å². The first-order chi connectivity index (χ1) is 12.6. The predicted molar refractivity (Wildman–Crippen MR) is 114 cm³/mol. The second kappa shape index (κ2) is 12.4. The molecule has 0 spiro atoms. The average Bonchev–Trinajstić information content (AvgIpc) is 2.62. The summed E-state index contributed by atoms with van der Waals surface area (Å²) in [7, 11) is 0. The van der Waals surface area contributed by atoms with Crippen LogP contribution in [-0.4, -0.2) is 30.6 Å². The van der Waals surface area contributed by atoms with Crippen molar-refractivity contribution in [3.05, 3.63) is 59.4 Å². The van der Waals surface area contributed by atoms with Crippen LogP contribution in [0.1, 0.15) is 23.7 Å². The molecule has 0 unspecified atom stereocenters. The summed E-state index contributed by atoms with van der Waals surface area (Å²) in [4.78, 5) is 8.75. The third-order valence-electron chi connectivity index (χ3n) is 3.58. The molecular weight excluding hydrogens is 465 g/mol. The molecule has 2 aromatic rings. The molecule has 0 aliphatic carbocycles. The molecular formula is C19H25F2IN4O. The summed E-state index contributed by atoms with van der Waals surface area (Å²) in [5.74, 6) is 0.770. The minimum Gasteiger partial charge on any atom is -0.434 e. The van der Waals surface area contributed by atoms with E-state index in [4.69, 9.17) is 0 Å². The number of alkyl halides is 2. The Morgan fingerprint density at radius 1 is 1.22 bits per heavy atom. The number of halogens is 3. The molecule has 5 nitrogen and oxygen atoms in total. The number of hydrogen-bond acceptors (Lipinski definition) is 3. The Kier molecular flexibility index (Phi) is 10.6. The molecule has 0 saturated heterocycles. The number of hydrogen-bond donors (Lipinski definition) is 2. The predicted octanol–water partition coefficient (Wildman–Crippen LogP) is 3.91. The van der Waals surface area contributed by atoms with Crippen LogP contribution in [0.4, 0.5) is 8.78 Å². The van der Waals surface area contributed by atoms with Gasteiger partial charge < -0.3 is 15.4 Å². The first-order valence-electron chi connectivity index (χ1n) is 8.55. The number of rotatable bonds is 8. The van der Waals surface area contributed by atoms with Crippen LogP contribution in [0.15, 0.2) is 47.6 Å². The minimum atomic E-state index is -2.86. The van der Waals surface area contributed by atoms with Crippen LogP contribution in [0.2, 0.25) is 0 Å². The van der Waals surface area contributed by atoms with Crippen molar-refractivity contribution in [3.63, 3.8) is 0 Å². The Hall–Kier alpha value is -1.97. The van der Waals surface area contributed by atoms with Gasteiger partial charge in [0.05, 0.1) is 6.54 Å². The van der Waals surface area contributed by atoms with Crippen molar-refractivity contribution in [2.75, 3.05) is 13.1 Å². The quantitative estimate of drug-likeness (QED) is 0.335. The Balaban J connectivity index is 0.00000364. The molecule has 0 atom stereocenters. The van der Waals surface area contributed by atoms with Gasteiger partial charge >= 0.3 is 6.61 Å². The number of pyridine rings is 1. The monoisotopic (exact) mass is 490 g/mol. The summed E-state index contributed by atoms with van der Waals surface area (Å²) in [5.41, 5.74) is 2.57. The molecule has 0 radical (unpaired) electrons. The van der Waals surface area contributed by atoms with Gasteiger partial charge in [-0.3, -0.25) is 4.98 Å². The highest BCUT2D eigenvalue weighted by atomic mass is 127. The van der Waals surface area contributed by atoms with Crippen LogP contribution in [0.25, 0.3) is 0 Å². The molecule has 0 aliphatic rings. The van der Waals surface area contributed by atoms with Crippen molar-refractivity contribution in [2.45, 2.75) is 33.4 Å². The van der Waals surface area contributed by atoms with Crippen LogP contribution in [-0.2, 0) is 13.0 Å². The maximum Gasteiger partial charge on any atom is 0.387 e. The number of aromatic nitrogens is 1. The number of nitrogens with zero attached hydrogens (tertiary/aromatic N) is 2. The van der Waals surface area contributed by atoms with Crippen molar-refractivity contribution in [3.8, 4) is 5.75 Å². The highest BCUT2D eigenvalue weighted by molar-refractivity contribution is 14.0. The smallest absolute Gasteiger partial charge is 0.387 e. The van der Waals surface area contributed by atoms with Crippen LogP contribution in [0.5, 0.6) is 5.75 Å². The Bertz CT molecular complexity index is 714. The van der Waals surface area contributed by atoms with Crippen molar-refractivity contribution in [2.24, 2.45) is 4.99 Å². The van der Waals surface area contributed by atoms with E-state index in [1.807, 2.05) is 32.0 Å². The van der Waals surface area contributed by atoms with Gasteiger partial charge in [0.2, 0.25) is 0 Å². The molecule has 2 N–H and O–H groups in total. The fourth-order valence-electron chi connectivity index (χ4n) is 2.40. The van der Waals surface area contributed by atoms with Gasteiger partial charge in [-0.15, -0.1) is 24.0 Å². The lowest BCUT2D eigenvalue weighted by atomic mass is 10.1. The molecule has 1 aromatic heterocycles. The zero-order chi connectivity index (χ0) is 18.8. The maximum absolute atomic E-state index is 12.6. The molecule has 0 amide bonds. The van der Waals surface area contributed by atoms with E-state index in [0.717, 1.165) is 17.7 Å². The molecule has 8 heteroatoms. The van der Waals surface area contributed by atoms with E-state index in [2.05, 4.69) is 25.3 Å². The van der Waals surface area contributed by atoms with Crippen molar-refractivity contribution in [1.82, 2.24) is 15.6 Å². The van der Waals surface area contributed by atoms with E-state index >= 15 is 0 Å². The van der Waals surface area contributed by atoms with Gasteiger partial charge in [0.1, 0.15) is 5.75 Å². The molecule has 2 rings (SSSR count). The van der Waals surface area contributed by atoms with E-state index in [1.54, 1.807) is 24.4 Å². The lowest BCUT2D eigenvalue weighted by Gasteiger charge is -2.13. The Morgan fingerprint density at radius 2 is 2.04 bits per heavy atom. The van der Waals surface area contributed by atoms with Gasteiger partial charge in [-0.1, -0.05) is 23.8 Å². The van der Waals surface area contributed by atoms with Gasteiger partial charge in [-0.25, -0.2) is 4.99 Å². The standard InChI is InChI=1S/C19H24F2N4O.HI/c1-3-22-19(24-11-9-16-6-4-5-10-23-16)25-13-15-12-14(2)7-8-17(15)26-18(20)21;/h4-8,10,12,18H,3,9,11,13H2,1-2H3,(H2,22,24,25);1H. The first kappa shape index (κ1) is 23.1. The zero-order valence-electron chi connectivity index (χ0n) is 15.4. The number of guanidine groups is 1. The van der Waals surface area contributed by atoms with Crippen LogP contribution in [0, 0.1) is 6.92 Å². The summed E-state index contributed by atoms with van der Waals surface area (Å²) in [6.07, 6.45) is 2.52. The Labute approximate surface area is 175 Å². The normalized spacial score (nSPS) is 11.1. The molecule has 0 fully saturated rings. The fourth-order valence-corrected chi connectivity index (χ4v) is 2.40. The van der Waals surface area contributed by atoms with E-state index in [-0.39, 0.29) is 36.3 Å². The van der Waals surface area contributed by atoms with Gasteiger partial charge in [0, 0.05) is 37.0 Å². The number of aliphatic imine (C=N–C) groups is 1. The van der Waals surface area contributed by atoms with Gasteiger partial charge in [0.15, 0.2) is 5.96 Å². The van der Waals surface area contributed by atoms with Gasteiger partial charge in [-0.05, 0) is 32.0 Å². The number of benzene rings is 1. The molecule has 1 aromatic carbocycles. The zero-order valence-corrected chi connectivity index (χ0v) is 17.7. The Morgan fingerprint density at radius 3 is 2.70 bits per heavy atom. The number of ether oxygens (including phenoxy) is 1. The summed E-state index contributed by atoms with van der Waals surface area (Å²) in [6, 6.07) is 10.9. The van der Waals surface area contributed by atoms with E-state index in [1.165, 1.54) is 0 Å². The lowest BCUT2D eigenvalue weighted by molar-refractivity contribution is -0.0504.